The molecule has 2 unspecified atom stereocenters. The molecule has 0 aromatic heterocycles. The number of carbonyl (C=O) groups is 1. The molecule has 1 heterocycles. The lowest BCUT2D eigenvalue weighted by molar-refractivity contribution is -0.152. The van der Waals surface area contributed by atoms with Crippen LogP contribution in [0.1, 0.15) is 46.5 Å². The van der Waals surface area contributed by atoms with Crippen LogP contribution >= 0.6 is 0 Å². The van der Waals surface area contributed by atoms with Gasteiger partial charge < -0.3 is 9.84 Å². The highest BCUT2D eigenvalue weighted by molar-refractivity contribution is 5.79. The van der Waals surface area contributed by atoms with Gasteiger partial charge in [0.15, 0.2) is 0 Å². The maximum atomic E-state index is 11.4. The monoisotopic (exact) mass is 229 g/mol. The van der Waals surface area contributed by atoms with E-state index in [2.05, 4.69) is 12.2 Å². The Labute approximate surface area is 97.4 Å². The molecule has 2 N–H and O–H groups in total. The van der Waals surface area contributed by atoms with Crippen molar-refractivity contribution in [1.82, 2.24) is 5.32 Å². The van der Waals surface area contributed by atoms with Gasteiger partial charge in [-0.3, -0.25) is 10.1 Å². The molecule has 0 amide bonds. The standard InChI is InChI=1S/C12H23NO3/c1-4-5-10-8-12(11(14)15,6-7-16-10)13-9(2)3/h9-10,13H,4-8H2,1-3H3,(H,14,15). The van der Waals surface area contributed by atoms with Crippen molar-refractivity contribution in [2.45, 2.75) is 64.1 Å². The zero-order valence-corrected chi connectivity index (χ0v) is 10.5. The number of hydrogen-bond acceptors (Lipinski definition) is 3. The molecular formula is C12H23NO3. The zero-order chi connectivity index (χ0) is 12.2. The lowest BCUT2D eigenvalue weighted by Crippen LogP contribution is -2.59. The van der Waals surface area contributed by atoms with Crippen molar-refractivity contribution >= 4 is 5.97 Å². The van der Waals surface area contributed by atoms with Gasteiger partial charge in [-0.15, -0.1) is 0 Å². The van der Waals surface area contributed by atoms with Crippen LogP contribution in [-0.4, -0.2) is 35.4 Å². The van der Waals surface area contributed by atoms with E-state index in [1.54, 1.807) is 0 Å². The van der Waals surface area contributed by atoms with E-state index in [0.717, 1.165) is 12.8 Å². The first-order chi connectivity index (χ1) is 7.50. The Bertz CT molecular complexity index is 240. The lowest BCUT2D eigenvalue weighted by atomic mass is 9.84. The van der Waals surface area contributed by atoms with Gasteiger partial charge in [-0.05, 0) is 26.7 Å². The number of ether oxygens (including phenoxy) is 1. The first-order valence-corrected chi connectivity index (χ1v) is 6.13. The highest BCUT2D eigenvalue weighted by Gasteiger charge is 2.43. The summed E-state index contributed by atoms with van der Waals surface area (Å²) >= 11 is 0. The highest BCUT2D eigenvalue weighted by atomic mass is 16.5. The summed E-state index contributed by atoms with van der Waals surface area (Å²) < 4.78 is 5.60. The molecule has 0 aliphatic carbocycles. The summed E-state index contributed by atoms with van der Waals surface area (Å²) in [6.45, 7) is 6.59. The average molecular weight is 229 g/mol. The van der Waals surface area contributed by atoms with E-state index in [4.69, 9.17) is 4.74 Å². The van der Waals surface area contributed by atoms with Crippen molar-refractivity contribution in [2.75, 3.05) is 6.61 Å². The Hall–Kier alpha value is -0.610. The molecule has 1 fully saturated rings. The van der Waals surface area contributed by atoms with Crippen LogP contribution in [-0.2, 0) is 9.53 Å². The normalized spacial score (nSPS) is 30.6. The fourth-order valence-electron chi connectivity index (χ4n) is 2.40. The maximum absolute atomic E-state index is 11.4. The van der Waals surface area contributed by atoms with Crippen molar-refractivity contribution < 1.29 is 14.6 Å². The molecular weight excluding hydrogens is 206 g/mol. The minimum atomic E-state index is -0.785. The van der Waals surface area contributed by atoms with Gasteiger partial charge in [0.1, 0.15) is 5.54 Å². The van der Waals surface area contributed by atoms with E-state index >= 15 is 0 Å². The van der Waals surface area contributed by atoms with Crippen LogP contribution in [0.3, 0.4) is 0 Å². The predicted molar refractivity (Wildman–Crippen MR) is 62.5 cm³/mol. The maximum Gasteiger partial charge on any atom is 0.324 e. The van der Waals surface area contributed by atoms with Crippen LogP contribution in [0, 0.1) is 0 Å². The van der Waals surface area contributed by atoms with Gasteiger partial charge >= 0.3 is 5.97 Å². The first kappa shape index (κ1) is 13.5. The predicted octanol–water partition coefficient (Wildman–Crippen LogP) is 1.79. The van der Waals surface area contributed by atoms with Crippen molar-refractivity contribution in [1.29, 1.82) is 0 Å². The molecule has 94 valence electrons. The van der Waals surface area contributed by atoms with E-state index in [9.17, 15) is 9.90 Å². The molecule has 16 heavy (non-hydrogen) atoms. The molecule has 2 atom stereocenters. The summed E-state index contributed by atoms with van der Waals surface area (Å²) in [4.78, 5) is 11.4. The molecule has 0 aromatic carbocycles. The van der Waals surface area contributed by atoms with E-state index in [1.165, 1.54) is 0 Å². The smallest absolute Gasteiger partial charge is 0.324 e. The first-order valence-electron chi connectivity index (χ1n) is 6.13. The van der Waals surface area contributed by atoms with Crippen molar-refractivity contribution in [3.05, 3.63) is 0 Å². The molecule has 1 aliphatic heterocycles. The van der Waals surface area contributed by atoms with Crippen LogP contribution in [0.4, 0.5) is 0 Å². The van der Waals surface area contributed by atoms with Gasteiger partial charge in [-0.2, -0.15) is 0 Å². The van der Waals surface area contributed by atoms with Crippen molar-refractivity contribution in [2.24, 2.45) is 0 Å². The summed E-state index contributed by atoms with van der Waals surface area (Å²) in [5, 5.41) is 12.6. The van der Waals surface area contributed by atoms with Crippen LogP contribution in [0.25, 0.3) is 0 Å². The molecule has 0 spiro atoms. The number of carboxylic acids is 1. The Morgan fingerprint density at radius 1 is 1.62 bits per heavy atom. The van der Waals surface area contributed by atoms with Crippen molar-refractivity contribution in [3.63, 3.8) is 0 Å². The molecule has 0 radical (unpaired) electrons. The van der Waals surface area contributed by atoms with Gasteiger partial charge in [0.05, 0.1) is 6.10 Å². The van der Waals surface area contributed by atoms with E-state index < -0.39 is 11.5 Å². The lowest BCUT2D eigenvalue weighted by Gasteiger charge is -2.39. The van der Waals surface area contributed by atoms with Gasteiger partial charge in [0, 0.05) is 19.1 Å². The number of nitrogens with one attached hydrogen (secondary N) is 1. The summed E-state index contributed by atoms with van der Waals surface area (Å²) in [7, 11) is 0. The number of hydrogen-bond donors (Lipinski definition) is 2. The Balaban J connectivity index is 2.72. The fraction of sp³-hybridized carbons (Fsp3) is 0.917. The number of carboxylic acid groups (broad SMARTS) is 1. The van der Waals surface area contributed by atoms with Crippen molar-refractivity contribution in [3.8, 4) is 0 Å². The van der Waals surface area contributed by atoms with E-state index in [-0.39, 0.29) is 12.1 Å². The van der Waals surface area contributed by atoms with Crippen LogP contribution < -0.4 is 5.32 Å². The number of rotatable bonds is 5. The van der Waals surface area contributed by atoms with E-state index in [0.29, 0.717) is 19.4 Å². The summed E-state index contributed by atoms with van der Waals surface area (Å²) in [5.74, 6) is -0.745. The van der Waals surface area contributed by atoms with Gasteiger partial charge in [0.2, 0.25) is 0 Å². The van der Waals surface area contributed by atoms with Crippen LogP contribution in [0.2, 0.25) is 0 Å². The fourth-order valence-corrected chi connectivity index (χ4v) is 2.40. The molecule has 1 saturated heterocycles. The topological polar surface area (TPSA) is 58.6 Å². The second-order valence-electron chi connectivity index (χ2n) is 4.92. The average Bonchev–Trinajstić information content (AvgIpc) is 2.17. The third-order valence-corrected chi connectivity index (χ3v) is 3.04. The van der Waals surface area contributed by atoms with E-state index in [1.807, 2.05) is 13.8 Å². The number of aliphatic carboxylic acids is 1. The van der Waals surface area contributed by atoms with Gasteiger partial charge in [-0.25, -0.2) is 0 Å². The summed E-state index contributed by atoms with van der Waals surface area (Å²) in [5.41, 5.74) is -0.785. The molecule has 4 nitrogen and oxygen atoms in total. The Kier molecular flexibility index (Phi) is 4.74. The second-order valence-corrected chi connectivity index (χ2v) is 4.92. The largest absolute Gasteiger partial charge is 0.480 e. The minimum absolute atomic E-state index is 0.0844. The Morgan fingerprint density at radius 2 is 2.31 bits per heavy atom. The molecule has 1 aliphatic rings. The third-order valence-electron chi connectivity index (χ3n) is 3.04. The quantitative estimate of drug-likeness (QED) is 0.754. The third kappa shape index (κ3) is 3.19. The Morgan fingerprint density at radius 3 is 2.81 bits per heavy atom. The van der Waals surface area contributed by atoms with Crippen LogP contribution in [0.15, 0.2) is 0 Å². The second kappa shape index (κ2) is 5.64. The highest BCUT2D eigenvalue weighted by Crippen LogP contribution is 2.28. The molecule has 4 heteroatoms. The van der Waals surface area contributed by atoms with Gasteiger partial charge in [-0.1, -0.05) is 13.3 Å². The molecule has 0 bridgehead atoms. The molecule has 0 aromatic rings. The molecule has 1 rings (SSSR count). The van der Waals surface area contributed by atoms with Gasteiger partial charge in [0.25, 0.3) is 0 Å². The summed E-state index contributed by atoms with van der Waals surface area (Å²) in [6, 6.07) is 0.177. The molecule has 0 saturated carbocycles. The SMILES string of the molecule is CCCC1CC(NC(C)C)(C(=O)O)CCO1. The minimum Gasteiger partial charge on any atom is -0.480 e. The zero-order valence-electron chi connectivity index (χ0n) is 10.5. The van der Waals surface area contributed by atoms with Crippen LogP contribution in [0.5, 0.6) is 0 Å². The summed E-state index contributed by atoms with van der Waals surface area (Å²) in [6.07, 6.45) is 3.19.